The minimum atomic E-state index is 0.251. The number of aldehydes is 1. The van der Waals surface area contributed by atoms with Crippen LogP contribution in [0, 0.1) is 11.8 Å². The van der Waals surface area contributed by atoms with Gasteiger partial charge in [0.15, 0.2) is 0 Å². The SMILES string of the molecule is O=CCC#Cc1cccc2cccc(Cl)c12. The Bertz CT molecular complexity index is 585. The second kappa shape index (κ2) is 4.83. The molecule has 0 amide bonds. The van der Waals surface area contributed by atoms with Crippen LogP contribution in [-0.4, -0.2) is 6.29 Å². The summed E-state index contributed by atoms with van der Waals surface area (Å²) < 4.78 is 0. The van der Waals surface area contributed by atoms with Gasteiger partial charge in [0.1, 0.15) is 6.29 Å². The van der Waals surface area contributed by atoms with Crippen LogP contribution in [0.4, 0.5) is 0 Å². The van der Waals surface area contributed by atoms with Gasteiger partial charge in [0.05, 0.1) is 6.42 Å². The Hall–Kier alpha value is -1.78. The highest BCUT2D eigenvalue weighted by Gasteiger charge is 2.01. The highest BCUT2D eigenvalue weighted by molar-refractivity contribution is 6.36. The lowest BCUT2D eigenvalue weighted by atomic mass is 10.0. The topological polar surface area (TPSA) is 17.1 Å². The third kappa shape index (κ3) is 2.08. The minimum absolute atomic E-state index is 0.251. The molecule has 2 heteroatoms. The van der Waals surface area contributed by atoms with Crippen LogP contribution >= 0.6 is 11.6 Å². The first-order chi connectivity index (χ1) is 7.83. The molecule has 2 aromatic carbocycles. The van der Waals surface area contributed by atoms with E-state index in [1.807, 2.05) is 36.4 Å². The van der Waals surface area contributed by atoms with Gasteiger partial charge < -0.3 is 4.79 Å². The van der Waals surface area contributed by atoms with E-state index >= 15 is 0 Å². The van der Waals surface area contributed by atoms with E-state index in [1.54, 1.807) is 0 Å². The lowest BCUT2D eigenvalue weighted by Crippen LogP contribution is -1.81. The Morgan fingerprint density at radius 1 is 1.19 bits per heavy atom. The highest BCUT2D eigenvalue weighted by atomic mass is 35.5. The van der Waals surface area contributed by atoms with Gasteiger partial charge in [-0.05, 0) is 17.5 Å². The maximum Gasteiger partial charge on any atom is 0.131 e. The lowest BCUT2D eigenvalue weighted by Gasteiger charge is -2.02. The summed E-state index contributed by atoms with van der Waals surface area (Å²) in [6, 6.07) is 11.6. The predicted molar refractivity (Wildman–Crippen MR) is 66.5 cm³/mol. The van der Waals surface area contributed by atoms with Crippen molar-refractivity contribution in [2.45, 2.75) is 6.42 Å². The maximum absolute atomic E-state index is 10.2. The molecular formula is C14H9ClO. The van der Waals surface area contributed by atoms with Gasteiger partial charge in [0, 0.05) is 16.0 Å². The van der Waals surface area contributed by atoms with Gasteiger partial charge in [-0.25, -0.2) is 0 Å². The van der Waals surface area contributed by atoms with Gasteiger partial charge in [-0.3, -0.25) is 0 Å². The third-order valence-electron chi connectivity index (χ3n) is 2.26. The number of hydrogen-bond donors (Lipinski definition) is 0. The number of carbonyl (C=O) groups excluding carboxylic acids is 1. The van der Waals surface area contributed by atoms with Crippen molar-refractivity contribution in [1.82, 2.24) is 0 Å². The van der Waals surface area contributed by atoms with Crippen LogP contribution in [0.25, 0.3) is 10.8 Å². The summed E-state index contributed by atoms with van der Waals surface area (Å²) in [5.74, 6) is 5.76. The number of benzene rings is 2. The molecule has 0 bridgehead atoms. The first kappa shape index (κ1) is 10.7. The Morgan fingerprint density at radius 3 is 2.69 bits per heavy atom. The Kier molecular flexibility index (Phi) is 3.24. The van der Waals surface area contributed by atoms with Crippen molar-refractivity contribution >= 4 is 28.7 Å². The Balaban J connectivity index is 2.62. The van der Waals surface area contributed by atoms with E-state index in [-0.39, 0.29) is 6.42 Å². The van der Waals surface area contributed by atoms with Crippen molar-refractivity contribution in [3.05, 3.63) is 47.0 Å². The van der Waals surface area contributed by atoms with Crippen molar-refractivity contribution in [2.75, 3.05) is 0 Å². The highest BCUT2D eigenvalue weighted by Crippen LogP contribution is 2.26. The summed E-state index contributed by atoms with van der Waals surface area (Å²) in [7, 11) is 0. The van der Waals surface area contributed by atoms with Crippen LogP contribution in [0.3, 0.4) is 0 Å². The smallest absolute Gasteiger partial charge is 0.131 e. The molecule has 0 saturated carbocycles. The van der Waals surface area contributed by atoms with Crippen LogP contribution in [0.2, 0.25) is 5.02 Å². The first-order valence-corrected chi connectivity index (χ1v) is 5.30. The van der Waals surface area contributed by atoms with Crippen LogP contribution in [-0.2, 0) is 4.79 Å². The molecule has 0 aliphatic carbocycles. The van der Waals surface area contributed by atoms with Gasteiger partial charge in [-0.15, -0.1) is 0 Å². The average Bonchev–Trinajstić information content (AvgIpc) is 2.30. The molecule has 0 radical (unpaired) electrons. The van der Waals surface area contributed by atoms with Gasteiger partial charge in [0.25, 0.3) is 0 Å². The molecule has 0 unspecified atom stereocenters. The minimum Gasteiger partial charge on any atom is -0.302 e. The van der Waals surface area contributed by atoms with Gasteiger partial charge in [-0.1, -0.05) is 47.7 Å². The molecule has 0 aromatic heterocycles. The summed E-state index contributed by atoms with van der Waals surface area (Å²) in [6.07, 6.45) is 1.04. The largest absolute Gasteiger partial charge is 0.302 e. The maximum atomic E-state index is 10.2. The van der Waals surface area contributed by atoms with Gasteiger partial charge in [0.2, 0.25) is 0 Å². The number of fused-ring (bicyclic) bond motifs is 1. The standard InChI is InChI=1S/C14H9ClO/c15-13-9-4-8-12-7-3-6-11(14(12)13)5-1-2-10-16/h3-4,6-10H,2H2. The van der Waals surface area contributed by atoms with E-state index in [2.05, 4.69) is 11.8 Å². The normalized spacial score (nSPS) is 9.56. The molecule has 0 atom stereocenters. The van der Waals surface area contributed by atoms with Crippen LogP contribution in [0.1, 0.15) is 12.0 Å². The molecular weight excluding hydrogens is 220 g/mol. The number of halogens is 1. The first-order valence-electron chi connectivity index (χ1n) is 4.92. The van der Waals surface area contributed by atoms with Crippen LogP contribution < -0.4 is 0 Å². The molecule has 0 saturated heterocycles. The average molecular weight is 229 g/mol. The lowest BCUT2D eigenvalue weighted by molar-refractivity contribution is -0.107. The molecule has 16 heavy (non-hydrogen) atoms. The van der Waals surface area contributed by atoms with Crippen molar-refractivity contribution in [3.63, 3.8) is 0 Å². The zero-order valence-electron chi connectivity index (χ0n) is 8.53. The van der Waals surface area contributed by atoms with E-state index in [0.29, 0.717) is 5.02 Å². The van der Waals surface area contributed by atoms with E-state index in [4.69, 9.17) is 11.6 Å². The van der Waals surface area contributed by atoms with Crippen molar-refractivity contribution in [1.29, 1.82) is 0 Å². The summed E-state index contributed by atoms with van der Waals surface area (Å²) in [6.45, 7) is 0. The van der Waals surface area contributed by atoms with Crippen LogP contribution in [0.5, 0.6) is 0 Å². The summed E-state index contributed by atoms with van der Waals surface area (Å²) in [5.41, 5.74) is 0.866. The second-order valence-corrected chi connectivity index (χ2v) is 3.72. The molecule has 78 valence electrons. The quantitative estimate of drug-likeness (QED) is 0.540. The molecule has 0 aliphatic rings. The molecule has 0 spiro atoms. The zero-order valence-corrected chi connectivity index (χ0v) is 9.29. The number of carbonyl (C=O) groups is 1. The van der Waals surface area contributed by atoms with Crippen LogP contribution in [0.15, 0.2) is 36.4 Å². The molecule has 0 N–H and O–H groups in total. The fourth-order valence-electron chi connectivity index (χ4n) is 1.59. The molecule has 1 nitrogen and oxygen atoms in total. The van der Waals surface area contributed by atoms with Gasteiger partial charge >= 0.3 is 0 Å². The van der Waals surface area contributed by atoms with E-state index in [9.17, 15) is 4.79 Å². The zero-order chi connectivity index (χ0) is 11.4. The fraction of sp³-hybridized carbons (Fsp3) is 0.0714. The molecule has 0 fully saturated rings. The van der Waals surface area contributed by atoms with Crippen molar-refractivity contribution in [3.8, 4) is 11.8 Å². The number of rotatable bonds is 1. The molecule has 2 aromatic rings. The van der Waals surface area contributed by atoms with E-state index < -0.39 is 0 Å². The summed E-state index contributed by atoms with van der Waals surface area (Å²) in [5, 5.41) is 2.70. The third-order valence-corrected chi connectivity index (χ3v) is 2.58. The predicted octanol–water partition coefficient (Wildman–Crippen LogP) is 3.43. The fourth-order valence-corrected chi connectivity index (χ4v) is 1.87. The molecule has 0 aliphatic heterocycles. The van der Waals surface area contributed by atoms with Crippen molar-refractivity contribution < 1.29 is 4.79 Å². The van der Waals surface area contributed by atoms with Gasteiger partial charge in [-0.2, -0.15) is 0 Å². The summed E-state index contributed by atoms with van der Waals surface area (Å²) in [4.78, 5) is 10.2. The van der Waals surface area contributed by atoms with E-state index in [1.165, 1.54) is 0 Å². The second-order valence-electron chi connectivity index (χ2n) is 3.32. The molecule has 0 heterocycles. The monoisotopic (exact) mass is 228 g/mol. The number of hydrogen-bond acceptors (Lipinski definition) is 1. The Morgan fingerprint density at radius 2 is 1.94 bits per heavy atom. The summed E-state index contributed by atoms with van der Waals surface area (Å²) >= 11 is 6.14. The Labute approximate surface area is 99.0 Å². The van der Waals surface area contributed by atoms with Crippen molar-refractivity contribution in [2.24, 2.45) is 0 Å². The molecule has 2 rings (SSSR count). The van der Waals surface area contributed by atoms with E-state index in [0.717, 1.165) is 22.6 Å².